The molecule has 0 spiro atoms. The molecule has 0 aliphatic rings. The number of rotatable bonds is 4. The zero-order chi connectivity index (χ0) is 22.4. The minimum atomic E-state index is -0.455. The van der Waals surface area contributed by atoms with Crippen molar-refractivity contribution in [2.24, 2.45) is 7.05 Å². The molecule has 0 atom stereocenters. The Morgan fingerprint density at radius 3 is 2.69 bits per heavy atom. The van der Waals surface area contributed by atoms with Gasteiger partial charge in [0.15, 0.2) is 5.82 Å². The molecule has 5 aromatic rings. The highest BCUT2D eigenvalue weighted by Crippen LogP contribution is 2.37. The zero-order valence-corrected chi connectivity index (χ0v) is 18.5. The topological polar surface area (TPSA) is 67.7 Å². The van der Waals surface area contributed by atoms with Gasteiger partial charge in [-0.25, -0.2) is 14.4 Å². The molecule has 0 fully saturated rings. The normalized spacial score (nSPS) is 11.3. The average Bonchev–Trinajstić information content (AvgIpc) is 3.10. The van der Waals surface area contributed by atoms with Crippen molar-refractivity contribution in [3.8, 4) is 11.1 Å². The Morgan fingerprint density at radius 2 is 1.91 bits per heavy atom. The van der Waals surface area contributed by atoms with Crippen LogP contribution in [0.1, 0.15) is 5.56 Å². The second-order valence-corrected chi connectivity index (χ2v) is 8.00. The highest BCUT2D eigenvalue weighted by molar-refractivity contribution is 6.31. The van der Waals surface area contributed by atoms with Crippen LogP contribution in [0.25, 0.3) is 32.9 Å². The molecule has 6 nitrogen and oxygen atoms in total. The molecule has 8 heteroatoms. The predicted octanol–water partition coefficient (Wildman–Crippen LogP) is 6.07. The molecule has 3 aromatic carbocycles. The van der Waals surface area contributed by atoms with Crippen molar-refractivity contribution in [1.82, 2.24) is 19.7 Å². The standard InChI is InChI=1S/C24H20ClFN6/c1-13-4-7-17-22(32(3)31-23(17)29-16-6-8-19(26)18(25)11-16)21(13)14-5-9-20-15(10-14)12-28-24(27-2)30-20/h4-12H,1-3H3,(H,29,31)(H,27,28,30). The summed E-state index contributed by atoms with van der Waals surface area (Å²) in [5.41, 5.74) is 5.81. The smallest absolute Gasteiger partial charge is 0.222 e. The molecule has 0 radical (unpaired) electrons. The van der Waals surface area contributed by atoms with Gasteiger partial charge in [0.05, 0.1) is 16.1 Å². The highest BCUT2D eigenvalue weighted by atomic mass is 35.5. The largest absolute Gasteiger partial charge is 0.357 e. The van der Waals surface area contributed by atoms with Gasteiger partial charge in [0.2, 0.25) is 5.95 Å². The van der Waals surface area contributed by atoms with E-state index in [4.69, 9.17) is 11.6 Å². The number of fused-ring (bicyclic) bond motifs is 2. The Morgan fingerprint density at radius 1 is 1.06 bits per heavy atom. The summed E-state index contributed by atoms with van der Waals surface area (Å²) in [4.78, 5) is 8.85. The van der Waals surface area contributed by atoms with Gasteiger partial charge in [-0.2, -0.15) is 5.10 Å². The molecule has 2 aromatic heterocycles. The van der Waals surface area contributed by atoms with Gasteiger partial charge in [0, 0.05) is 42.3 Å². The number of hydrogen-bond acceptors (Lipinski definition) is 5. The average molecular weight is 447 g/mol. The Kier molecular flexibility index (Phi) is 4.90. The molecule has 2 N–H and O–H groups in total. The molecule has 160 valence electrons. The highest BCUT2D eigenvalue weighted by Gasteiger charge is 2.17. The number of aromatic nitrogens is 4. The van der Waals surface area contributed by atoms with Gasteiger partial charge in [0.25, 0.3) is 0 Å². The Balaban J connectivity index is 1.64. The Hall–Kier alpha value is -3.71. The maximum atomic E-state index is 13.5. The molecular weight excluding hydrogens is 427 g/mol. The minimum absolute atomic E-state index is 0.0617. The monoisotopic (exact) mass is 446 g/mol. The molecule has 5 rings (SSSR count). The van der Waals surface area contributed by atoms with Gasteiger partial charge in [-0.05, 0) is 54.4 Å². The summed E-state index contributed by atoms with van der Waals surface area (Å²) in [6, 6.07) is 14.8. The van der Waals surface area contributed by atoms with Crippen LogP contribution < -0.4 is 10.6 Å². The van der Waals surface area contributed by atoms with Crippen LogP contribution in [0, 0.1) is 12.7 Å². The van der Waals surface area contributed by atoms with Crippen molar-refractivity contribution < 1.29 is 4.39 Å². The van der Waals surface area contributed by atoms with E-state index in [0.717, 1.165) is 38.5 Å². The molecule has 0 aliphatic carbocycles. The number of aryl methyl sites for hydroxylation is 2. The van der Waals surface area contributed by atoms with Crippen molar-refractivity contribution in [3.63, 3.8) is 0 Å². The zero-order valence-electron chi connectivity index (χ0n) is 17.7. The van der Waals surface area contributed by atoms with E-state index in [9.17, 15) is 4.39 Å². The summed E-state index contributed by atoms with van der Waals surface area (Å²) in [6.07, 6.45) is 1.82. The molecular formula is C24H20ClFN6. The summed E-state index contributed by atoms with van der Waals surface area (Å²) in [6.45, 7) is 2.08. The summed E-state index contributed by atoms with van der Waals surface area (Å²) < 4.78 is 15.4. The lowest BCUT2D eigenvalue weighted by atomic mass is 9.96. The molecule has 0 bridgehead atoms. The number of hydrogen-bond donors (Lipinski definition) is 2. The second-order valence-electron chi connectivity index (χ2n) is 7.60. The lowest BCUT2D eigenvalue weighted by Gasteiger charge is -2.11. The molecule has 0 saturated carbocycles. The summed E-state index contributed by atoms with van der Waals surface area (Å²) >= 11 is 5.94. The van der Waals surface area contributed by atoms with Crippen LogP contribution >= 0.6 is 11.6 Å². The number of halogens is 2. The quantitative estimate of drug-likeness (QED) is 0.350. The van der Waals surface area contributed by atoms with E-state index >= 15 is 0 Å². The van der Waals surface area contributed by atoms with Gasteiger partial charge in [0.1, 0.15) is 5.82 Å². The number of benzene rings is 3. The van der Waals surface area contributed by atoms with E-state index < -0.39 is 5.82 Å². The third kappa shape index (κ3) is 3.40. The Bertz CT molecular complexity index is 1490. The fourth-order valence-corrected chi connectivity index (χ4v) is 4.13. The molecule has 2 heterocycles. The van der Waals surface area contributed by atoms with Crippen molar-refractivity contribution in [2.75, 3.05) is 17.7 Å². The summed E-state index contributed by atoms with van der Waals surface area (Å²) in [5.74, 6) is 0.809. The van der Waals surface area contributed by atoms with E-state index in [-0.39, 0.29) is 5.02 Å². The third-order valence-electron chi connectivity index (χ3n) is 5.49. The van der Waals surface area contributed by atoms with Crippen molar-refractivity contribution in [2.45, 2.75) is 6.92 Å². The van der Waals surface area contributed by atoms with Crippen molar-refractivity contribution in [1.29, 1.82) is 0 Å². The van der Waals surface area contributed by atoms with E-state index in [2.05, 4.69) is 50.8 Å². The number of anilines is 3. The summed E-state index contributed by atoms with van der Waals surface area (Å²) in [5, 5.41) is 12.9. The lowest BCUT2D eigenvalue weighted by molar-refractivity contribution is 0.628. The number of nitrogens with zero attached hydrogens (tertiary/aromatic N) is 4. The van der Waals surface area contributed by atoms with E-state index in [1.165, 1.54) is 6.07 Å². The maximum absolute atomic E-state index is 13.5. The predicted molar refractivity (Wildman–Crippen MR) is 128 cm³/mol. The lowest BCUT2D eigenvalue weighted by Crippen LogP contribution is -1.97. The molecule has 0 amide bonds. The second kappa shape index (κ2) is 7.76. The van der Waals surface area contributed by atoms with Gasteiger partial charge < -0.3 is 10.6 Å². The SMILES string of the molecule is CNc1ncc2cc(-c3c(C)ccc4c(Nc5ccc(F)c(Cl)c5)nn(C)c34)ccc2n1. The maximum Gasteiger partial charge on any atom is 0.222 e. The van der Waals surface area contributed by atoms with Crippen molar-refractivity contribution >= 4 is 50.9 Å². The van der Waals surface area contributed by atoms with Crippen LogP contribution in [0.15, 0.2) is 54.7 Å². The molecule has 0 unspecified atom stereocenters. The van der Waals surface area contributed by atoms with Crippen molar-refractivity contribution in [3.05, 3.63) is 71.1 Å². The van der Waals surface area contributed by atoms with Crippen LogP contribution in [0.3, 0.4) is 0 Å². The van der Waals surface area contributed by atoms with Crippen LogP contribution in [0.2, 0.25) is 5.02 Å². The van der Waals surface area contributed by atoms with Gasteiger partial charge >= 0.3 is 0 Å². The van der Waals surface area contributed by atoms with Crippen LogP contribution in [-0.4, -0.2) is 26.8 Å². The van der Waals surface area contributed by atoms with Gasteiger partial charge in [-0.15, -0.1) is 0 Å². The van der Waals surface area contributed by atoms with Gasteiger partial charge in [-0.3, -0.25) is 4.68 Å². The van der Waals surface area contributed by atoms with Crippen LogP contribution in [0.4, 0.5) is 21.8 Å². The first-order chi connectivity index (χ1) is 15.4. The fourth-order valence-electron chi connectivity index (χ4n) is 3.95. The van der Waals surface area contributed by atoms with Crippen LogP contribution in [0.5, 0.6) is 0 Å². The Labute approximate surface area is 189 Å². The summed E-state index contributed by atoms with van der Waals surface area (Å²) in [7, 11) is 3.71. The molecule has 32 heavy (non-hydrogen) atoms. The fraction of sp³-hybridized carbons (Fsp3) is 0.125. The van der Waals surface area contributed by atoms with E-state index in [1.54, 1.807) is 19.2 Å². The van der Waals surface area contributed by atoms with Crippen LogP contribution in [-0.2, 0) is 7.05 Å². The number of nitrogens with one attached hydrogen (secondary N) is 2. The van der Waals surface area contributed by atoms with E-state index in [0.29, 0.717) is 17.5 Å². The minimum Gasteiger partial charge on any atom is -0.357 e. The van der Waals surface area contributed by atoms with Gasteiger partial charge in [-0.1, -0.05) is 23.7 Å². The first kappa shape index (κ1) is 20.2. The molecule has 0 aliphatic heterocycles. The third-order valence-corrected chi connectivity index (χ3v) is 5.78. The molecule has 0 saturated heterocycles. The van der Waals surface area contributed by atoms with E-state index in [1.807, 2.05) is 30.1 Å². The first-order valence-electron chi connectivity index (χ1n) is 10.1. The first-order valence-corrected chi connectivity index (χ1v) is 10.5.